The van der Waals surface area contributed by atoms with Crippen LogP contribution < -0.4 is 19.7 Å². The number of aryl methyl sites for hydroxylation is 1. The number of benzene rings is 3. The molecule has 3 rings (SSSR count). The molecule has 0 unspecified atom stereocenters. The third kappa shape index (κ3) is 6.61. The molecule has 0 aliphatic carbocycles. The number of sulfonamides is 1. The third-order valence-corrected chi connectivity index (χ3v) is 7.06. The van der Waals surface area contributed by atoms with E-state index in [1.165, 1.54) is 32.4 Å². The van der Waals surface area contributed by atoms with Crippen molar-refractivity contribution < 1.29 is 27.5 Å². The second-order valence-corrected chi connectivity index (χ2v) is 9.73. The molecule has 2 N–H and O–H groups in total. The molecule has 0 aliphatic rings. The first-order valence-corrected chi connectivity index (χ1v) is 12.6. The van der Waals surface area contributed by atoms with Gasteiger partial charge in [0.1, 0.15) is 12.3 Å². The zero-order valence-corrected chi connectivity index (χ0v) is 21.2. The number of hydrogen-bond acceptors (Lipinski definition) is 6. The number of rotatable bonds is 11. The van der Waals surface area contributed by atoms with Crippen molar-refractivity contribution in [3.05, 3.63) is 83.9 Å². The Morgan fingerprint density at radius 1 is 0.944 bits per heavy atom. The predicted octanol–water partition coefficient (Wildman–Crippen LogP) is 3.21. The molecule has 0 spiro atoms. The van der Waals surface area contributed by atoms with Gasteiger partial charge in [-0.1, -0.05) is 35.9 Å². The number of para-hydroxylation sites is 1. The van der Waals surface area contributed by atoms with Crippen molar-refractivity contribution in [2.75, 3.05) is 43.5 Å². The van der Waals surface area contributed by atoms with E-state index in [2.05, 4.69) is 10.6 Å². The molecule has 3 aromatic carbocycles. The van der Waals surface area contributed by atoms with E-state index in [-0.39, 0.29) is 27.7 Å². The van der Waals surface area contributed by atoms with Gasteiger partial charge in [0.25, 0.3) is 15.9 Å². The van der Waals surface area contributed by atoms with Gasteiger partial charge >= 0.3 is 0 Å². The van der Waals surface area contributed by atoms with Crippen LogP contribution in [0.25, 0.3) is 0 Å². The average Bonchev–Trinajstić information content (AvgIpc) is 2.88. The molecule has 0 radical (unpaired) electrons. The summed E-state index contributed by atoms with van der Waals surface area (Å²) in [4.78, 5) is 25.7. The molecule has 0 saturated heterocycles. The quantitative estimate of drug-likeness (QED) is 0.382. The summed E-state index contributed by atoms with van der Waals surface area (Å²) >= 11 is 0. The highest BCUT2D eigenvalue weighted by Gasteiger charge is 2.28. The van der Waals surface area contributed by atoms with Crippen molar-refractivity contribution >= 4 is 33.2 Å². The smallest absolute Gasteiger partial charge is 0.264 e. The lowest BCUT2D eigenvalue weighted by Gasteiger charge is -2.24. The lowest BCUT2D eigenvalue weighted by Crippen LogP contribution is -2.38. The second-order valence-electron chi connectivity index (χ2n) is 7.87. The summed E-state index contributed by atoms with van der Waals surface area (Å²) in [6.45, 7) is 1.97. The summed E-state index contributed by atoms with van der Waals surface area (Å²) < 4.78 is 38.4. The maximum absolute atomic E-state index is 13.6. The molecular weight excluding hydrogens is 482 g/mol. The van der Waals surface area contributed by atoms with E-state index in [0.717, 1.165) is 9.87 Å². The first-order chi connectivity index (χ1) is 17.3. The highest BCUT2D eigenvalue weighted by atomic mass is 32.2. The van der Waals surface area contributed by atoms with Crippen LogP contribution in [0.1, 0.15) is 15.9 Å². The zero-order chi connectivity index (χ0) is 26.1. The molecule has 190 valence electrons. The summed E-state index contributed by atoms with van der Waals surface area (Å²) in [6, 6.07) is 19.3. The molecule has 0 saturated carbocycles. The Kier molecular flexibility index (Phi) is 9.04. The summed E-state index contributed by atoms with van der Waals surface area (Å²) in [6.07, 6.45) is 0. The monoisotopic (exact) mass is 511 g/mol. The minimum Gasteiger partial charge on any atom is -0.497 e. The summed E-state index contributed by atoms with van der Waals surface area (Å²) in [5.41, 5.74) is 1.67. The molecule has 0 atom stereocenters. The van der Waals surface area contributed by atoms with Gasteiger partial charge in [0.05, 0.1) is 35.6 Å². The van der Waals surface area contributed by atoms with Crippen molar-refractivity contribution in [3.8, 4) is 5.75 Å². The predicted molar refractivity (Wildman–Crippen MR) is 138 cm³/mol. The van der Waals surface area contributed by atoms with Crippen LogP contribution in [0.3, 0.4) is 0 Å². The van der Waals surface area contributed by atoms with Crippen LogP contribution in [0.2, 0.25) is 0 Å². The Morgan fingerprint density at radius 3 is 2.36 bits per heavy atom. The Balaban J connectivity index is 1.91. The average molecular weight is 512 g/mol. The van der Waals surface area contributed by atoms with Gasteiger partial charge in [0.2, 0.25) is 5.91 Å². The number of nitrogens with one attached hydrogen (secondary N) is 2. The number of carbonyl (C=O) groups is 2. The highest BCUT2D eigenvalue weighted by Crippen LogP contribution is 2.27. The molecular formula is C26H29N3O6S. The summed E-state index contributed by atoms with van der Waals surface area (Å²) in [5, 5.41) is 5.38. The van der Waals surface area contributed by atoms with Gasteiger partial charge in [0, 0.05) is 19.7 Å². The largest absolute Gasteiger partial charge is 0.497 e. The Morgan fingerprint density at radius 2 is 1.67 bits per heavy atom. The van der Waals surface area contributed by atoms with Crippen LogP contribution in [0.15, 0.2) is 77.7 Å². The van der Waals surface area contributed by atoms with Crippen molar-refractivity contribution in [3.63, 3.8) is 0 Å². The molecule has 0 aromatic heterocycles. The van der Waals surface area contributed by atoms with E-state index < -0.39 is 22.5 Å². The fraction of sp³-hybridized carbons (Fsp3) is 0.231. The maximum atomic E-state index is 13.6. The minimum absolute atomic E-state index is 0.0432. The van der Waals surface area contributed by atoms with Crippen LogP contribution in [0.5, 0.6) is 5.75 Å². The van der Waals surface area contributed by atoms with Gasteiger partial charge in [-0.2, -0.15) is 0 Å². The maximum Gasteiger partial charge on any atom is 0.264 e. The molecule has 36 heavy (non-hydrogen) atoms. The molecule has 9 nitrogen and oxygen atoms in total. The van der Waals surface area contributed by atoms with E-state index >= 15 is 0 Å². The topological polar surface area (TPSA) is 114 Å². The Bertz CT molecular complexity index is 1310. The number of hydrogen-bond donors (Lipinski definition) is 2. The van der Waals surface area contributed by atoms with Gasteiger partial charge < -0.3 is 20.1 Å². The second kappa shape index (κ2) is 12.2. The Labute approximate surface area is 211 Å². The normalized spacial score (nSPS) is 11.0. The third-order valence-electron chi connectivity index (χ3n) is 5.28. The number of nitrogens with zero attached hydrogens (tertiary/aromatic N) is 1. The van der Waals surface area contributed by atoms with Gasteiger partial charge in [-0.25, -0.2) is 8.42 Å². The minimum atomic E-state index is -4.10. The fourth-order valence-electron chi connectivity index (χ4n) is 3.39. The molecule has 2 amide bonds. The van der Waals surface area contributed by atoms with Crippen molar-refractivity contribution in [2.45, 2.75) is 11.8 Å². The van der Waals surface area contributed by atoms with Gasteiger partial charge in [-0.15, -0.1) is 0 Å². The molecule has 3 aromatic rings. The van der Waals surface area contributed by atoms with Crippen molar-refractivity contribution in [2.24, 2.45) is 0 Å². The first kappa shape index (κ1) is 26.7. The molecule has 0 aliphatic heterocycles. The van der Waals surface area contributed by atoms with Gasteiger partial charge in [-0.3, -0.25) is 13.9 Å². The van der Waals surface area contributed by atoms with E-state index in [9.17, 15) is 18.0 Å². The Hall–Kier alpha value is -3.89. The number of methoxy groups -OCH3 is 2. The van der Waals surface area contributed by atoms with Crippen molar-refractivity contribution in [1.29, 1.82) is 0 Å². The number of ether oxygens (including phenoxy) is 2. The van der Waals surface area contributed by atoms with E-state index in [1.54, 1.807) is 54.6 Å². The molecule has 0 fully saturated rings. The fourth-order valence-corrected chi connectivity index (χ4v) is 4.80. The molecule has 10 heteroatoms. The van der Waals surface area contributed by atoms with Gasteiger partial charge in [0.15, 0.2) is 0 Å². The highest BCUT2D eigenvalue weighted by molar-refractivity contribution is 7.92. The molecule has 0 bridgehead atoms. The van der Waals surface area contributed by atoms with E-state index in [0.29, 0.717) is 18.9 Å². The number of amides is 2. The van der Waals surface area contributed by atoms with Gasteiger partial charge in [-0.05, 0) is 43.3 Å². The standard InChI is InChI=1S/C26H29N3O6S/c1-19-11-13-22(14-12-19)36(32,33)29(20-7-6-8-21(17-20)35-3)18-25(30)28-24-10-5-4-9-23(24)26(31)27-15-16-34-2/h4-14,17H,15-16,18H2,1-3H3,(H,27,31)(H,28,30). The summed E-state index contributed by atoms with van der Waals surface area (Å²) in [5.74, 6) is -0.569. The van der Waals surface area contributed by atoms with Crippen LogP contribution in [0.4, 0.5) is 11.4 Å². The summed E-state index contributed by atoms with van der Waals surface area (Å²) in [7, 11) is -1.10. The van der Waals surface area contributed by atoms with Crippen LogP contribution in [0, 0.1) is 6.92 Å². The van der Waals surface area contributed by atoms with Crippen LogP contribution in [-0.2, 0) is 19.6 Å². The number of anilines is 2. The zero-order valence-electron chi connectivity index (χ0n) is 20.4. The lowest BCUT2D eigenvalue weighted by molar-refractivity contribution is -0.114. The first-order valence-electron chi connectivity index (χ1n) is 11.2. The van der Waals surface area contributed by atoms with E-state index in [4.69, 9.17) is 9.47 Å². The van der Waals surface area contributed by atoms with Crippen LogP contribution >= 0.6 is 0 Å². The molecule has 0 heterocycles. The van der Waals surface area contributed by atoms with E-state index in [1.807, 2.05) is 6.92 Å². The number of carbonyl (C=O) groups excluding carboxylic acids is 2. The lowest BCUT2D eigenvalue weighted by atomic mass is 10.1. The van der Waals surface area contributed by atoms with Crippen LogP contribution in [-0.4, -0.2) is 54.1 Å². The van der Waals surface area contributed by atoms with Crippen molar-refractivity contribution in [1.82, 2.24) is 5.32 Å². The SMILES string of the molecule is COCCNC(=O)c1ccccc1NC(=O)CN(c1cccc(OC)c1)S(=O)(=O)c1ccc(C)cc1.